The van der Waals surface area contributed by atoms with Crippen molar-refractivity contribution in [2.24, 2.45) is 0 Å². The first kappa shape index (κ1) is 16.1. The molecule has 1 aromatic rings. The van der Waals surface area contributed by atoms with Crippen molar-refractivity contribution in [2.45, 2.75) is 50.1 Å². The average Bonchev–Trinajstić information content (AvgIpc) is 3.12. The van der Waals surface area contributed by atoms with Gasteiger partial charge in [0, 0.05) is 19.5 Å². The molecule has 1 spiro atoms. The van der Waals surface area contributed by atoms with Crippen LogP contribution < -0.4 is 5.32 Å². The summed E-state index contributed by atoms with van der Waals surface area (Å²) in [4.78, 5) is 40.4. The number of imide groups is 1. The molecule has 2 saturated heterocycles. The third-order valence-corrected chi connectivity index (χ3v) is 5.78. The summed E-state index contributed by atoms with van der Waals surface area (Å²) in [5.41, 5.74) is 0.450. The van der Waals surface area contributed by atoms with E-state index in [-0.39, 0.29) is 36.9 Å². The molecule has 2 heterocycles. The first-order chi connectivity index (χ1) is 12.1. The van der Waals surface area contributed by atoms with E-state index in [1.54, 1.807) is 0 Å². The first-order valence-corrected chi connectivity index (χ1v) is 9.09. The molecular formula is C19H23N3O3. The third-order valence-electron chi connectivity index (χ3n) is 5.78. The molecule has 4 amide bonds. The Labute approximate surface area is 147 Å². The van der Waals surface area contributed by atoms with Crippen LogP contribution in [0.1, 0.15) is 50.1 Å². The highest BCUT2D eigenvalue weighted by atomic mass is 16.2. The molecular weight excluding hydrogens is 318 g/mol. The van der Waals surface area contributed by atoms with Gasteiger partial charge in [-0.3, -0.25) is 14.5 Å². The van der Waals surface area contributed by atoms with Crippen LogP contribution in [0.25, 0.3) is 0 Å². The molecule has 1 unspecified atom stereocenters. The minimum atomic E-state index is -0.691. The van der Waals surface area contributed by atoms with Crippen LogP contribution in [0.5, 0.6) is 0 Å². The molecule has 1 saturated carbocycles. The molecule has 132 valence electrons. The lowest BCUT2D eigenvalue weighted by molar-refractivity contribution is -0.140. The number of benzene rings is 1. The van der Waals surface area contributed by atoms with E-state index in [1.807, 2.05) is 35.2 Å². The van der Waals surface area contributed by atoms with Crippen LogP contribution in [0.2, 0.25) is 0 Å². The fourth-order valence-corrected chi connectivity index (χ4v) is 4.26. The molecule has 0 radical (unpaired) electrons. The molecule has 3 fully saturated rings. The number of carbonyl (C=O) groups is 3. The molecule has 1 N–H and O–H groups in total. The van der Waals surface area contributed by atoms with Gasteiger partial charge in [-0.05, 0) is 24.8 Å². The van der Waals surface area contributed by atoms with Gasteiger partial charge < -0.3 is 10.2 Å². The lowest BCUT2D eigenvalue weighted by atomic mass is 9.94. The molecule has 1 aromatic carbocycles. The molecule has 4 rings (SSSR count). The summed E-state index contributed by atoms with van der Waals surface area (Å²) >= 11 is 0. The van der Waals surface area contributed by atoms with Crippen LogP contribution in [0.3, 0.4) is 0 Å². The van der Waals surface area contributed by atoms with Gasteiger partial charge in [-0.25, -0.2) is 4.79 Å². The predicted octanol–water partition coefficient (Wildman–Crippen LogP) is 2.21. The van der Waals surface area contributed by atoms with Crippen molar-refractivity contribution in [3.05, 3.63) is 35.9 Å². The monoisotopic (exact) mass is 341 g/mol. The maximum Gasteiger partial charge on any atom is 0.325 e. The van der Waals surface area contributed by atoms with Crippen LogP contribution in [-0.2, 0) is 9.59 Å². The summed E-state index contributed by atoms with van der Waals surface area (Å²) in [5, 5.41) is 2.86. The predicted molar refractivity (Wildman–Crippen MR) is 91.6 cm³/mol. The van der Waals surface area contributed by atoms with Crippen LogP contribution >= 0.6 is 0 Å². The Hall–Kier alpha value is -2.37. The van der Waals surface area contributed by atoms with Gasteiger partial charge in [-0.2, -0.15) is 0 Å². The van der Waals surface area contributed by atoms with Crippen molar-refractivity contribution in [3.8, 4) is 0 Å². The van der Waals surface area contributed by atoms with Crippen molar-refractivity contribution in [1.82, 2.24) is 15.1 Å². The van der Waals surface area contributed by atoms with E-state index in [4.69, 9.17) is 0 Å². The van der Waals surface area contributed by atoms with Crippen molar-refractivity contribution in [1.29, 1.82) is 0 Å². The smallest absolute Gasteiger partial charge is 0.325 e. The summed E-state index contributed by atoms with van der Waals surface area (Å²) in [6.07, 6.45) is 4.51. The number of amides is 4. The summed E-state index contributed by atoms with van der Waals surface area (Å²) in [6.45, 7) is 0.908. The van der Waals surface area contributed by atoms with Gasteiger partial charge in [0.2, 0.25) is 5.91 Å². The minimum absolute atomic E-state index is 0.00748. The van der Waals surface area contributed by atoms with Crippen molar-refractivity contribution < 1.29 is 14.4 Å². The third kappa shape index (κ3) is 2.69. The van der Waals surface area contributed by atoms with Crippen LogP contribution in [-0.4, -0.2) is 46.3 Å². The largest absolute Gasteiger partial charge is 0.335 e. The van der Waals surface area contributed by atoms with Crippen molar-refractivity contribution in [2.75, 3.05) is 13.1 Å². The second-order valence-electron chi connectivity index (χ2n) is 7.23. The van der Waals surface area contributed by atoms with Gasteiger partial charge in [-0.15, -0.1) is 0 Å². The molecule has 6 nitrogen and oxygen atoms in total. The summed E-state index contributed by atoms with van der Waals surface area (Å²) in [5.74, 6) is -0.140. The van der Waals surface area contributed by atoms with Gasteiger partial charge in [-0.1, -0.05) is 43.2 Å². The SMILES string of the molecule is O=C1NC2(CCCC2)C(=O)N1CCC(=O)N1CCC1c1ccccc1. The number of rotatable bonds is 4. The average molecular weight is 341 g/mol. The number of nitrogens with one attached hydrogen (secondary N) is 1. The minimum Gasteiger partial charge on any atom is -0.335 e. The van der Waals surface area contributed by atoms with E-state index < -0.39 is 5.54 Å². The Morgan fingerprint density at radius 2 is 1.88 bits per heavy atom. The van der Waals surface area contributed by atoms with Crippen LogP contribution in [0.4, 0.5) is 4.79 Å². The number of hydrogen-bond acceptors (Lipinski definition) is 3. The van der Waals surface area contributed by atoms with E-state index in [9.17, 15) is 14.4 Å². The molecule has 25 heavy (non-hydrogen) atoms. The molecule has 0 bridgehead atoms. The fraction of sp³-hybridized carbons (Fsp3) is 0.526. The van der Waals surface area contributed by atoms with E-state index in [2.05, 4.69) is 5.32 Å². The van der Waals surface area contributed by atoms with Crippen molar-refractivity contribution >= 4 is 17.8 Å². The first-order valence-electron chi connectivity index (χ1n) is 9.09. The topological polar surface area (TPSA) is 69.7 Å². The molecule has 1 aliphatic carbocycles. The fourth-order valence-electron chi connectivity index (χ4n) is 4.26. The van der Waals surface area contributed by atoms with E-state index in [1.165, 1.54) is 4.90 Å². The standard InChI is InChI=1S/C19H23N3O3/c23-16(21-12-8-15(21)14-6-2-1-3-7-14)9-13-22-17(24)19(20-18(22)25)10-4-5-11-19/h1-3,6-7,15H,4-5,8-13H2,(H,20,25). The van der Waals surface area contributed by atoms with Gasteiger partial charge in [0.25, 0.3) is 5.91 Å². The highest BCUT2D eigenvalue weighted by molar-refractivity contribution is 6.07. The molecule has 6 heteroatoms. The van der Waals surface area contributed by atoms with Gasteiger partial charge in [0.05, 0.1) is 6.04 Å². The summed E-state index contributed by atoms with van der Waals surface area (Å²) < 4.78 is 0. The number of carbonyl (C=O) groups excluding carboxylic acids is 3. The maximum absolute atomic E-state index is 12.6. The normalized spacial score (nSPS) is 24.6. The summed E-state index contributed by atoms with van der Waals surface area (Å²) in [6, 6.07) is 9.76. The van der Waals surface area contributed by atoms with Gasteiger partial charge in [0.15, 0.2) is 0 Å². The Balaban J connectivity index is 1.36. The zero-order valence-electron chi connectivity index (χ0n) is 14.2. The highest BCUT2D eigenvalue weighted by Gasteiger charge is 2.52. The van der Waals surface area contributed by atoms with Crippen LogP contribution in [0, 0.1) is 0 Å². The second kappa shape index (κ2) is 6.17. The van der Waals surface area contributed by atoms with E-state index in [0.717, 1.165) is 31.4 Å². The van der Waals surface area contributed by atoms with Gasteiger partial charge >= 0.3 is 6.03 Å². The molecule has 0 aromatic heterocycles. The van der Waals surface area contributed by atoms with E-state index >= 15 is 0 Å². The molecule has 1 atom stereocenters. The van der Waals surface area contributed by atoms with Gasteiger partial charge in [0.1, 0.15) is 5.54 Å². The number of hydrogen-bond donors (Lipinski definition) is 1. The van der Waals surface area contributed by atoms with Crippen LogP contribution in [0.15, 0.2) is 30.3 Å². The van der Waals surface area contributed by atoms with Crippen molar-refractivity contribution in [3.63, 3.8) is 0 Å². The molecule has 2 aliphatic heterocycles. The second-order valence-corrected chi connectivity index (χ2v) is 7.23. The summed E-state index contributed by atoms with van der Waals surface area (Å²) in [7, 11) is 0. The number of nitrogens with zero attached hydrogens (tertiary/aromatic N) is 2. The number of urea groups is 1. The highest BCUT2D eigenvalue weighted by Crippen LogP contribution is 2.36. The maximum atomic E-state index is 12.6. The lowest BCUT2D eigenvalue weighted by Crippen LogP contribution is -2.47. The Morgan fingerprint density at radius 3 is 2.52 bits per heavy atom. The van der Waals surface area contributed by atoms with E-state index in [0.29, 0.717) is 12.8 Å². The Kier molecular flexibility index (Phi) is 3.98. The number of likely N-dealkylation sites (tertiary alicyclic amines) is 1. The Morgan fingerprint density at radius 1 is 1.16 bits per heavy atom. The zero-order chi connectivity index (χ0) is 17.4. The molecule has 3 aliphatic rings. The quantitative estimate of drug-likeness (QED) is 0.854. The zero-order valence-corrected chi connectivity index (χ0v) is 14.2. The lowest BCUT2D eigenvalue weighted by Gasteiger charge is -2.41. The Bertz CT molecular complexity index is 697.